The molecule has 0 fully saturated rings. The first-order chi connectivity index (χ1) is 6.29. The van der Waals surface area contributed by atoms with Crippen LogP contribution in [0.3, 0.4) is 0 Å². The number of imidazole rings is 1. The van der Waals surface area contributed by atoms with E-state index in [1.165, 1.54) is 6.07 Å². The number of aromatic nitrogens is 2. The molecule has 0 radical (unpaired) electrons. The van der Waals surface area contributed by atoms with E-state index in [1.54, 1.807) is 35.2 Å². The van der Waals surface area contributed by atoms with Gasteiger partial charge in [-0.15, -0.1) is 0 Å². The van der Waals surface area contributed by atoms with Crippen LogP contribution in [0.1, 0.15) is 0 Å². The SMILES string of the molecule is Fc1ccccc1-n1cc[nH]c1=S. The minimum absolute atomic E-state index is 0.279. The first kappa shape index (κ1) is 8.19. The predicted molar refractivity (Wildman–Crippen MR) is 50.9 cm³/mol. The van der Waals surface area contributed by atoms with Crippen molar-refractivity contribution < 1.29 is 4.39 Å². The molecule has 0 saturated carbocycles. The summed E-state index contributed by atoms with van der Waals surface area (Å²) in [5.74, 6) is -0.279. The number of benzene rings is 1. The Morgan fingerprint density at radius 1 is 1.31 bits per heavy atom. The van der Waals surface area contributed by atoms with E-state index in [1.807, 2.05) is 0 Å². The molecule has 0 aliphatic heterocycles. The highest BCUT2D eigenvalue weighted by molar-refractivity contribution is 7.71. The number of H-pyrrole nitrogens is 1. The van der Waals surface area contributed by atoms with E-state index in [9.17, 15) is 4.39 Å². The molecular weight excluding hydrogens is 187 g/mol. The van der Waals surface area contributed by atoms with Crippen LogP contribution in [-0.2, 0) is 0 Å². The smallest absolute Gasteiger partial charge is 0.181 e. The lowest BCUT2D eigenvalue weighted by Gasteiger charge is -2.02. The van der Waals surface area contributed by atoms with Crippen LogP contribution in [0.5, 0.6) is 0 Å². The Kier molecular flexibility index (Phi) is 1.98. The molecule has 1 heterocycles. The summed E-state index contributed by atoms with van der Waals surface area (Å²) in [4.78, 5) is 2.81. The molecule has 2 aromatic rings. The van der Waals surface area contributed by atoms with E-state index in [4.69, 9.17) is 12.2 Å². The van der Waals surface area contributed by atoms with Gasteiger partial charge in [-0.2, -0.15) is 0 Å². The van der Waals surface area contributed by atoms with Gasteiger partial charge in [0.15, 0.2) is 4.77 Å². The van der Waals surface area contributed by atoms with Crippen molar-refractivity contribution in [2.24, 2.45) is 0 Å². The molecule has 66 valence electrons. The maximum absolute atomic E-state index is 13.3. The molecule has 0 unspecified atom stereocenters. The number of halogens is 1. The van der Waals surface area contributed by atoms with Gasteiger partial charge < -0.3 is 4.98 Å². The largest absolute Gasteiger partial charge is 0.337 e. The third kappa shape index (κ3) is 1.40. The maximum Gasteiger partial charge on any atom is 0.181 e. The number of nitrogens with zero attached hydrogens (tertiary/aromatic N) is 1. The Morgan fingerprint density at radius 2 is 2.08 bits per heavy atom. The fourth-order valence-corrected chi connectivity index (χ4v) is 1.38. The average Bonchev–Trinajstić information content (AvgIpc) is 2.52. The number of nitrogens with one attached hydrogen (secondary N) is 1. The summed E-state index contributed by atoms with van der Waals surface area (Å²) in [5.41, 5.74) is 0.466. The van der Waals surface area contributed by atoms with E-state index >= 15 is 0 Å². The van der Waals surface area contributed by atoms with Crippen molar-refractivity contribution in [3.05, 3.63) is 47.2 Å². The third-order valence-electron chi connectivity index (χ3n) is 1.76. The first-order valence-corrected chi connectivity index (χ1v) is 4.21. The molecule has 0 aliphatic rings. The summed E-state index contributed by atoms with van der Waals surface area (Å²) >= 11 is 4.97. The molecule has 2 rings (SSSR count). The molecule has 0 spiro atoms. The quantitative estimate of drug-likeness (QED) is 0.692. The minimum Gasteiger partial charge on any atom is -0.337 e. The maximum atomic E-state index is 13.3. The monoisotopic (exact) mass is 194 g/mol. The molecule has 0 bridgehead atoms. The molecule has 0 atom stereocenters. The van der Waals surface area contributed by atoms with Crippen LogP contribution in [0.4, 0.5) is 4.39 Å². The van der Waals surface area contributed by atoms with E-state index in [0.717, 1.165) is 0 Å². The van der Waals surface area contributed by atoms with Gasteiger partial charge in [-0.1, -0.05) is 12.1 Å². The van der Waals surface area contributed by atoms with Gasteiger partial charge in [0.1, 0.15) is 5.82 Å². The Bertz CT molecular complexity index is 472. The van der Waals surface area contributed by atoms with E-state index in [-0.39, 0.29) is 5.82 Å². The van der Waals surface area contributed by atoms with Gasteiger partial charge in [-0.25, -0.2) is 4.39 Å². The second-order valence-electron chi connectivity index (χ2n) is 2.59. The third-order valence-corrected chi connectivity index (χ3v) is 2.08. The lowest BCUT2D eigenvalue weighted by Crippen LogP contribution is -1.95. The van der Waals surface area contributed by atoms with Crippen molar-refractivity contribution in [3.8, 4) is 5.69 Å². The lowest BCUT2D eigenvalue weighted by molar-refractivity contribution is 0.617. The number of hydrogen-bond acceptors (Lipinski definition) is 1. The molecule has 1 N–H and O–H groups in total. The molecule has 0 amide bonds. The van der Waals surface area contributed by atoms with E-state index in [2.05, 4.69) is 4.98 Å². The Balaban J connectivity index is 2.66. The molecule has 2 nitrogen and oxygen atoms in total. The summed E-state index contributed by atoms with van der Waals surface area (Å²) < 4.78 is 15.3. The summed E-state index contributed by atoms with van der Waals surface area (Å²) in [6.45, 7) is 0. The van der Waals surface area contributed by atoms with Crippen LogP contribution >= 0.6 is 12.2 Å². The Labute approximate surface area is 79.7 Å². The van der Waals surface area contributed by atoms with Gasteiger partial charge in [-0.05, 0) is 24.4 Å². The second kappa shape index (κ2) is 3.14. The van der Waals surface area contributed by atoms with Gasteiger partial charge in [-0.3, -0.25) is 4.57 Å². The molecule has 1 aromatic carbocycles. The van der Waals surface area contributed by atoms with Gasteiger partial charge in [0.25, 0.3) is 0 Å². The molecule has 1 aromatic heterocycles. The van der Waals surface area contributed by atoms with Gasteiger partial charge in [0.2, 0.25) is 0 Å². The summed E-state index contributed by atoms with van der Waals surface area (Å²) in [6.07, 6.45) is 3.37. The second-order valence-corrected chi connectivity index (χ2v) is 2.97. The number of para-hydroxylation sites is 1. The van der Waals surface area contributed by atoms with Crippen molar-refractivity contribution in [2.45, 2.75) is 0 Å². The van der Waals surface area contributed by atoms with Crippen LogP contribution in [0.2, 0.25) is 0 Å². The Morgan fingerprint density at radius 3 is 2.69 bits per heavy atom. The zero-order valence-electron chi connectivity index (χ0n) is 6.70. The zero-order chi connectivity index (χ0) is 9.26. The standard InChI is InChI=1S/C9H7FN2S/c10-7-3-1-2-4-8(7)12-6-5-11-9(12)13/h1-6H,(H,11,13). The fourth-order valence-electron chi connectivity index (χ4n) is 1.16. The highest BCUT2D eigenvalue weighted by atomic mass is 32.1. The minimum atomic E-state index is -0.279. The Hall–Kier alpha value is -1.42. The van der Waals surface area contributed by atoms with Crippen LogP contribution in [0.15, 0.2) is 36.7 Å². The van der Waals surface area contributed by atoms with Gasteiger partial charge in [0.05, 0.1) is 5.69 Å². The molecular formula is C9H7FN2S. The van der Waals surface area contributed by atoms with Crippen molar-refractivity contribution >= 4 is 12.2 Å². The normalized spacial score (nSPS) is 10.2. The lowest BCUT2D eigenvalue weighted by atomic mass is 10.3. The fraction of sp³-hybridized carbons (Fsp3) is 0. The van der Waals surface area contributed by atoms with E-state index < -0.39 is 0 Å². The van der Waals surface area contributed by atoms with Crippen LogP contribution in [0.25, 0.3) is 5.69 Å². The molecule has 0 saturated heterocycles. The summed E-state index contributed by atoms with van der Waals surface area (Å²) in [7, 11) is 0. The highest BCUT2D eigenvalue weighted by Gasteiger charge is 2.02. The molecule has 4 heteroatoms. The van der Waals surface area contributed by atoms with Crippen molar-refractivity contribution in [3.63, 3.8) is 0 Å². The number of hydrogen-bond donors (Lipinski definition) is 1. The van der Waals surface area contributed by atoms with Crippen molar-refractivity contribution in [2.75, 3.05) is 0 Å². The van der Waals surface area contributed by atoms with Crippen LogP contribution in [0, 0.1) is 10.6 Å². The average molecular weight is 194 g/mol. The van der Waals surface area contributed by atoms with Crippen molar-refractivity contribution in [1.82, 2.24) is 9.55 Å². The predicted octanol–water partition coefficient (Wildman–Crippen LogP) is 2.67. The topological polar surface area (TPSA) is 20.7 Å². The van der Waals surface area contributed by atoms with Crippen LogP contribution in [-0.4, -0.2) is 9.55 Å². The number of rotatable bonds is 1. The van der Waals surface area contributed by atoms with Gasteiger partial charge >= 0.3 is 0 Å². The van der Waals surface area contributed by atoms with Gasteiger partial charge in [0, 0.05) is 12.4 Å². The molecule has 13 heavy (non-hydrogen) atoms. The van der Waals surface area contributed by atoms with Crippen LogP contribution < -0.4 is 0 Å². The summed E-state index contributed by atoms with van der Waals surface area (Å²) in [5, 5.41) is 0. The van der Waals surface area contributed by atoms with E-state index in [0.29, 0.717) is 10.5 Å². The highest BCUT2D eigenvalue weighted by Crippen LogP contribution is 2.12. The number of aromatic amines is 1. The summed E-state index contributed by atoms with van der Waals surface area (Å²) in [6, 6.07) is 6.51. The zero-order valence-corrected chi connectivity index (χ0v) is 7.51. The molecule has 0 aliphatic carbocycles. The first-order valence-electron chi connectivity index (χ1n) is 3.80. The van der Waals surface area contributed by atoms with Crippen molar-refractivity contribution in [1.29, 1.82) is 0 Å².